The van der Waals surface area contributed by atoms with E-state index in [9.17, 15) is 9.59 Å². The van der Waals surface area contributed by atoms with E-state index in [1.54, 1.807) is 0 Å². The van der Waals surface area contributed by atoms with Crippen LogP contribution in [0.2, 0.25) is 0 Å². The maximum absolute atomic E-state index is 10.7. The zero-order valence-corrected chi connectivity index (χ0v) is 14.1. The van der Waals surface area contributed by atoms with Gasteiger partial charge in [-0.25, -0.2) is 9.97 Å². The summed E-state index contributed by atoms with van der Waals surface area (Å²) in [5.41, 5.74) is 19.6. The molecular formula is C8H10N8O2PtS2. The van der Waals surface area contributed by atoms with Crippen LogP contribution in [0.5, 0.6) is 0 Å². The molecule has 0 aliphatic heterocycles. The van der Waals surface area contributed by atoms with E-state index >= 15 is 0 Å². The van der Waals surface area contributed by atoms with Gasteiger partial charge in [0.1, 0.15) is 11.4 Å². The Kier molecular flexibility index (Phi) is 7.05. The third-order valence-corrected chi connectivity index (χ3v) is 2.31. The molecule has 0 aromatic carbocycles. The molecule has 13 heteroatoms. The summed E-state index contributed by atoms with van der Waals surface area (Å²) in [7, 11) is 0. The van der Waals surface area contributed by atoms with Gasteiger partial charge in [-0.3, -0.25) is 9.59 Å². The molecule has 21 heavy (non-hydrogen) atoms. The number of nitrogen functional groups attached to an aromatic ring is 4. The third kappa shape index (κ3) is 5.17. The zero-order chi connectivity index (χ0) is 15.4. The van der Waals surface area contributed by atoms with E-state index in [0.717, 1.165) is 0 Å². The number of anilines is 4. The monoisotopic (exact) mass is 509 g/mol. The molecule has 0 atom stereocenters. The normalized spacial score (nSPS) is 9.14. The summed E-state index contributed by atoms with van der Waals surface area (Å²) in [4.78, 5) is 32.9. The molecule has 0 saturated carbocycles. The number of H-pyrrole nitrogens is 2. The molecule has 0 fully saturated rings. The summed E-state index contributed by atoms with van der Waals surface area (Å²) < 4.78 is 0. The minimum Gasteiger partial charge on any atom is -0.742 e. The van der Waals surface area contributed by atoms with Crippen molar-refractivity contribution in [2.45, 2.75) is 10.3 Å². The number of aromatic amines is 2. The van der Waals surface area contributed by atoms with E-state index in [2.05, 4.69) is 45.2 Å². The van der Waals surface area contributed by atoms with Gasteiger partial charge in [-0.1, -0.05) is 0 Å². The molecule has 116 valence electrons. The molecule has 0 saturated heterocycles. The van der Waals surface area contributed by atoms with Gasteiger partial charge in [-0.05, 0) is 10.3 Å². The third-order valence-electron chi connectivity index (χ3n) is 1.93. The second-order valence-electron chi connectivity index (χ2n) is 3.34. The van der Waals surface area contributed by atoms with E-state index in [4.69, 9.17) is 22.9 Å². The maximum Gasteiger partial charge on any atom is 2.00 e. The van der Waals surface area contributed by atoms with Crippen LogP contribution in [0.25, 0.3) is 0 Å². The van der Waals surface area contributed by atoms with Crippen molar-refractivity contribution in [3.63, 3.8) is 0 Å². The Hall–Kier alpha value is -1.91. The van der Waals surface area contributed by atoms with E-state index in [-0.39, 0.29) is 54.4 Å². The summed E-state index contributed by atoms with van der Waals surface area (Å²) in [6, 6.07) is 0. The van der Waals surface area contributed by atoms with Gasteiger partial charge in [0.25, 0.3) is 11.1 Å². The second kappa shape index (κ2) is 7.76. The summed E-state index contributed by atoms with van der Waals surface area (Å²) in [5, 5.41) is 0.105. The smallest absolute Gasteiger partial charge is 0.742 e. The van der Waals surface area contributed by atoms with Crippen LogP contribution in [0.15, 0.2) is 19.9 Å². The van der Waals surface area contributed by atoms with Crippen molar-refractivity contribution in [3.05, 3.63) is 20.7 Å². The van der Waals surface area contributed by atoms with Gasteiger partial charge < -0.3 is 58.2 Å². The predicted octanol–water partition coefficient (Wildman–Crippen LogP) is -2.32. The van der Waals surface area contributed by atoms with Crippen LogP contribution in [0.4, 0.5) is 23.0 Å². The number of nitrogens with one attached hydrogen (secondary N) is 2. The molecule has 0 unspecified atom stereocenters. The topological polar surface area (TPSA) is 196 Å². The molecule has 0 spiro atoms. The van der Waals surface area contributed by atoms with Crippen LogP contribution in [0.1, 0.15) is 0 Å². The summed E-state index contributed by atoms with van der Waals surface area (Å²) in [6.07, 6.45) is 0. The molecule has 0 aliphatic rings. The number of hydrogen-bond acceptors (Lipinski definition) is 10. The van der Waals surface area contributed by atoms with E-state index in [1.165, 1.54) is 0 Å². The molecule has 0 radical (unpaired) electrons. The summed E-state index contributed by atoms with van der Waals surface area (Å²) >= 11 is 9.09. The quantitative estimate of drug-likeness (QED) is 0.166. The van der Waals surface area contributed by atoms with Gasteiger partial charge in [-0.15, -0.1) is 0 Å². The Balaban J connectivity index is 0.000000364. The molecule has 10 nitrogen and oxygen atoms in total. The van der Waals surface area contributed by atoms with E-state index < -0.39 is 11.1 Å². The predicted molar refractivity (Wildman–Crippen MR) is 78.6 cm³/mol. The average Bonchev–Trinajstić information content (AvgIpc) is 2.33. The first-order valence-electron chi connectivity index (χ1n) is 4.87. The maximum atomic E-state index is 10.7. The van der Waals surface area contributed by atoms with Crippen molar-refractivity contribution in [1.29, 1.82) is 0 Å². The van der Waals surface area contributed by atoms with Crippen LogP contribution in [0, 0.1) is 0 Å². The Labute approximate surface area is 143 Å². The van der Waals surface area contributed by atoms with E-state index in [0.29, 0.717) is 0 Å². The molecule has 2 heterocycles. The van der Waals surface area contributed by atoms with Gasteiger partial charge >= 0.3 is 21.1 Å². The van der Waals surface area contributed by atoms with Crippen molar-refractivity contribution >= 4 is 48.3 Å². The van der Waals surface area contributed by atoms with Crippen molar-refractivity contribution in [2.24, 2.45) is 0 Å². The Morgan fingerprint density at radius 3 is 1.29 bits per heavy atom. The van der Waals surface area contributed by atoms with Gasteiger partial charge in [0.05, 0.1) is 0 Å². The van der Waals surface area contributed by atoms with Gasteiger partial charge in [0.2, 0.25) is 0 Å². The van der Waals surface area contributed by atoms with Crippen molar-refractivity contribution in [1.82, 2.24) is 19.9 Å². The SMILES string of the molecule is Nc1nc([S-])[nH]c(=O)c1N.Nc1nc([S-])[nH]c(=O)c1N.[Pt+2]. The second-order valence-corrected chi connectivity index (χ2v) is 4.11. The standard InChI is InChI=1S/2C4H6N4OS.Pt/c2*5-1-2(6)7-4(10)8-3(1)9;/h2*5H2,(H4,6,7,8,9,10);/q;;+2/p-2. The molecule has 2 aromatic heterocycles. The van der Waals surface area contributed by atoms with Gasteiger partial charge in [0.15, 0.2) is 11.6 Å². The average molecular weight is 509 g/mol. The first-order valence-corrected chi connectivity index (χ1v) is 5.68. The number of hydrogen-bond donors (Lipinski definition) is 6. The molecule has 10 N–H and O–H groups in total. The number of nitrogens with zero attached hydrogens (tertiary/aromatic N) is 2. The fraction of sp³-hybridized carbons (Fsp3) is 0. The van der Waals surface area contributed by atoms with Crippen LogP contribution < -0.4 is 34.1 Å². The van der Waals surface area contributed by atoms with Crippen LogP contribution >= 0.6 is 0 Å². The number of nitrogens with two attached hydrogens (primary N) is 4. The molecule has 2 rings (SSSR count). The van der Waals surface area contributed by atoms with Gasteiger partial charge in [-0.2, -0.15) is 0 Å². The van der Waals surface area contributed by atoms with Crippen molar-refractivity contribution in [3.8, 4) is 0 Å². The Morgan fingerprint density at radius 1 is 0.762 bits per heavy atom. The molecular weight excluding hydrogens is 499 g/mol. The minimum atomic E-state index is -0.488. The summed E-state index contributed by atoms with van der Waals surface area (Å²) in [5.74, 6) is -0.0394. The first kappa shape index (κ1) is 19.1. The van der Waals surface area contributed by atoms with E-state index in [1.807, 2.05) is 0 Å². The van der Waals surface area contributed by atoms with Gasteiger partial charge in [0, 0.05) is 0 Å². The molecule has 2 aromatic rings. The zero-order valence-electron chi connectivity index (χ0n) is 10.2. The molecule has 0 aliphatic carbocycles. The fourth-order valence-corrected chi connectivity index (χ4v) is 1.34. The molecule has 0 amide bonds. The van der Waals surface area contributed by atoms with Crippen LogP contribution in [-0.2, 0) is 46.3 Å². The van der Waals surface area contributed by atoms with Crippen LogP contribution in [-0.4, -0.2) is 19.9 Å². The van der Waals surface area contributed by atoms with Crippen LogP contribution in [0.3, 0.4) is 0 Å². The number of rotatable bonds is 0. The fourth-order valence-electron chi connectivity index (χ4n) is 0.957. The first-order chi connectivity index (χ1) is 9.22. The summed E-state index contributed by atoms with van der Waals surface area (Å²) in [6.45, 7) is 0. The Morgan fingerprint density at radius 2 is 1.05 bits per heavy atom. The Bertz CT molecular complexity index is 683. The largest absolute Gasteiger partial charge is 2.00 e. The molecule has 0 bridgehead atoms. The van der Waals surface area contributed by atoms with Crippen molar-refractivity contribution in [2.75, 3.05) is 22.9 Å². The number of aromatic nitrogens is 4. The minimum absolute atomic E-state index is 0. The van der Waals surface area contributed by atoms with Crippen molar-refractivity contribution < 1.29 is 21.1 Å².